The monoisotopic (exact) mass is 212 g/mol. The molecule has 1 saturated heterocycles. The maximum absolute atomic E-state index is 11.0. The molecule has 1 fully saturated rings. The van der Waals surface area contributed by atoms with Gasteiger partial charge in [0.1, 0.15) is 6.10 Å². The SMILES string of the molecule is CC(=O)O[C@H]1CS(=O)(=O)C[C@H]1Cl. The summed E-state index contributed by atoms with van der Waals surface area (Å²) >= 11 is 5.65. The van der Waals surface area contributed by atoms with E-state index in [2.05, 4.69) is 0 Å². The Kier molecular flexibility index (Phi) is 2.63. The maximum Gasteiger partial charge on any atom is 0.302 e. The molecule has 1 rings (SSSR count). The van der Waals surface area contributed by atoms with Gasteiger partial charge in [0.2, 0.25) is 0 Å². The smallest absolute Gasteiger partial charge is 0.302 e. The molecule has 4 nitrogen and oxygen atoms in total. The number of ether oxygens (including phenoxy) is 1. The predicted octanol–water partition coefficient (Wildman–Crippen LogP) is -0.0461. The van der Waals surface area contributed by atoms with Crippen LogP contribution >= 0.6 is 11.6 Å². The van der Waals surface area contributed by atoms with Crippen LogP contribution in [0.3, 0.4) is 0 Å². The Labute approximate surface area is 75.8 Å². The van der Waals surface area contributed by atoms with Gasteiger partial charge in [0, 0.05) is 6.92 Å². The van der Waals surface area contributed by atoms with Crippen molar-refractivity contribution in [2.45, 2.75) is 18.4 Å². The first-order valence-electron chi connectivity index (χ1n) is 3.42. The van der Waals surface area contributed by atoms with Gasteiger partial charge in [-0.2, -0.15) is 0 Å². The standard InChI is InChI=1S/C6H9ClO4S/c1-4(8)11-6-3-12(9,10)2-5(6)7/h5-6H,2-3H2,1H3/t5-,6+/m1/s1. The summed E-state index contributed by atoms with van der Waals surface area (Å²) in [6.07, 6.45) is -0.672. The first-order chi connectivity index (χ1) is 5.41. The molecule has 1 aliphatic rings. The first kappa shape index (κ1) is 9.80. The number of sulfone groups is 1. The molecule has 0 aromatic rings. The minimum atomic E-state index is -3.10. The van der Waals surface area contributed by atoms with Gasteiger partial charge < -0.3 is 4.74 Å². The molecular weight excluding hydrogens is 204 g/mol. The Hall–Kier alpha value is -0.290. The van der Waals surface area contributed by atoms with Gasteiger partial charge in [-0.3, -0.25) is 4.79 Å². The third kappa shape index (κ3) is 2.35. The molecule has 0 unspecified atom stereocenters. The second-order valence-corrected chi connectivity index (χ2v) is 5.46. The number of carbonyl (C=O) groups is 1. The second-order valence-electron chi connectivity index (χ2n) is 2.74. The number of alkyl halides is 1. The maximum atomic E-state index is 11.0. The average molecular weight is 213 g/mol. The van der Waals surface area contributed by atoms with E-state index in [1.165, 1.54) is 6.92 Å². The van der Waals surface area contributed by atoms with Crippen LogP contribution in [0, 0.1) is 0 Å². The zero-order valence-corrected chi connectivity index (χ0v) is 8.06. The average Bonchev–Trinajstić information content (AvgIpc) is 2.03. The molecule has 0 saturated carbocycles. The molecule has 0 spiro atoms. The molecule has 0 radical (unpaired) electrons. The fraction of sp³-hybridized carbons (Fsp3) is 0.833. The van der Waals surface area contributed by atoms with E-state index in [0.717, 1.165) is 0 Å². The molecule has 12 heavy (non-hydrogen) atoms. The van der Waals surface area contributed by atoms with Crippen molar-refractivity contribution >= 4 is 27.4 Å². The van der Waals surface area contributed by atoms with Crippen LogP contribution in [-0.2, 0) is 19.4 Å². The summed E-state index contributed by atoms with van der Waals surface area (Å²) in [4.78, 5) is 10.5. The lowest BCUT2D eigenvalue weighted by molar-refractivity contribution is -0.144. The van der Waals surface area contributed by atoms with Crippen LogP contribution in [0.1, 0.15) is 6.92 Å². The predicted molar refractivity (Wildman–Crippen MR) is 43.8 cm³/mol. The van der Waals surface area contributed by atoms with Gasteiger partial charge in [-0.15, -0.1) is 11.6 Å². The molecule has 0 bridgehead atoms. The van der Waals surface area contributed by atoms with Crippen LogP contribution in [0.15, 0.2) is 0 Å². The van der Waals surface area contributed by atoms with E-state index >= 15 is 0 Å². The van der Waals surface area contributed by atoms with E-state index in [-0.39, 0.29) is 11.5 Å². The lowest BCUT2D eigenvalue weighted by atomic mass is 10.3. The largest absolute Gasteiger partial charge is 0.460 e. The van der Waals surface area contributed by atoms with Crippen LogP contribution in [0.5, 0.6) is 0 Å². The fourth-order valence-electron chi connectivity index (χ4n) is 1.09. The lowest BCUT2D eigenvalue weighted by Gasteiger charge is -2.10. The minimum Gasteiger partial charge on any atom is -0.460 e. The highest BCUT2D eigenvalue weighted by molar-refractivity contribution is 7.91. The summed E-state index contributed by atoms with van der Waals surface area (Å²) in [6.45, 7) is 1.23. The summed E-state index contributed by atoms with van der Waals surface area (Å²) in [7, 11) is -3.10. The van der Waals surface area contributed by atoms with Crippen molar-refractivity contribution in [2.75, 3.05) is 11.5 Å². The van der Waals surface area contributed by atoms with E-state index in [9.17, 15) is 13.2 Å². The van der Waals surface area contributed by atoms with Crippen LogP contribution in [-0.4, -0.2) is 37.4 Å². The van der Waals surface area contributed by atoms with Gasteiger partial charge >= 0.3 is 5.97 Å². The Morgan fingerprint density at radius 1 is 1.50 bits per heavy atom. The van der Waals surface area contributed by atoms with Crippen LogP contribution in [0.25, 0.3) is 0 Å². The summed E-state index contributed by atoms with van der Waals surface area (Å²) in [5.74, 6) is -0.754. The van der Waals surface area contributed by atoms with E-state index in [4.69, 9.17) is 16.3 Å². The number of halogens is 1. The lowest BCUT2D eigenvalue weighted by Crippen LogP contribution is -2.24. The number of rotatable bonds is 1. The highest BCUT2D eigenvalue weighted by Crippen LogP contribution is 2.20. The molecule has 2 atom stereocenters. The fourth-order valence-corrected chi connectivity index (χ4v) is 3.55. The van der Waals surface area contributed by atoms with E-state index in [1.807, 2.05) is 0 Å². The molecule has 0 aliphatic carbocycles. The zero-order chi connectivity index (χ0) is 9.35. The topological polar surface area (TPSA) is 60.4 Å². The second kappa shape index (κ2) is 3.22. The van der Waals surface area contributed by atoms with Crippen molar-refractivity contribution < 1.29 is 17.9 Å². The number of carbonyl (C=O) groups excluding carboxylic acids is 1. The quantitative estimate of drug-likeness (QED) is 0.452. The summed E-state index contributed by atoms with van der Waals surface area (Å²) < 4.78 is 26.6. The molecule has 0 aromatic heterocycles. The number of esters is 1. The Bertz CT molecular complexity index is 284. The van der Waals surface area contributed by atoms with Crippen molar-refractivity contribution in [3.63, 3.8) is 0 Å². The van der Waals surface area contributed by atoms with E-state index in [1.54, 1.807) is 0 Å². The molecule has 1 heterocycles. The zero-order valence-electron chi connectivity index (χ0n) is 6.49. The van der Waals surface area contributed by atoms with Crippen molar-refractivity contribution in [1.29, 1.82) is 0 Å². The van der Waals surface area contributed by atoms with Gasteiger partial charge in [-0.1, -0.05) is 0 Å². The van der Waals surface area contributed by atoms with Crippen LogP contribution in [0.4, 0.5) is 0 Å². The number of hydrogen-bond acceptors (Lipinski definition) is 4. The van der Waals surface area contributed by atoms with Gasteiger partial charge in [0.15, 0.2) is 9.84 Å². The number of hydrogen-bond donors (Lipinski definition) is 0. The summed E-state index contributed by atoms with van der Waals surface area (Å²) in [6, 6.07) is 0. The van der Waals surface area contributed by atoms with Crippen LogP contribution < -0.4 is 0 Å². The molecule has 0 N–H and O–H groups in total. The third-order valence-electron chi connectivity index (χ3n) is 1.55. The van der Waals surface area contributed by atoms with Gasteiger partial charge in [-0.25, -0.2) is 8.42 Å². The molecule has 6 heteroatoms. The Morgan fingerprint density at radius 2 is 2.08 bits per heavy atom. The summed E-state index contributed by atoms with van der Waals surface area (Å²) in [5, 5.41) is -0.598. The molecule has 70 valence electrons. The van der Waals surface area contributed by atoms with Gasteiger partial charge in [0.25, 0.3) is 0 Å². The highest BCUT2D eigenvalue weighted by atomic mass is 35.5. The van der Waals surface area contributed by atoms with E-state index in [0.29, 0.717) is 0 Å². The van der Waals surface area contributed by atoms with Crippen molar-refractivity contribution in [2.24, 2.45) is 0 Å². The first-order valence-corrected chi connectivity index (χ1v) is 5.68. The summed E-state index contributed by atoms with van der Waals surface area (Å²) in [5.41, 5.74) is 0. The Morgan fingerprint density at radius 3 is 2.42 bits per heavy atom. The van der Waals surface area contributed by atoms with Gasteiger partial charge in [-0.05, 0) is 0 Å². The normalized spacial score (nSPS) is 33.2. The van der Waals surface area contributed by atoms with Crippen molar-refractivity contribution in [1.82, 2.24) is 0 Å². The van der Waals surface area contributed by atoms with Crippen LogP contribution in [0.2, 0.25) is 0 Å². The third-order valence-corrected chi connectivity index (χ3v) is 3.87. The minimum absolute atomic E-state index is 0.105. The Balaban J connectivity index is 2.64. The van der Waals surface area contributed by atoms with Gasteiger partial charge in [0.05, 0.1) is 16.9 Å². The van der Waals surface area contributed by atoms with Crippen molar-refractivity contribution in [3.05, 3.63) is 0 Å². The molecule has 0 amide bonds. The molecule has 0 aromatic carbocycles. The van der Waals surface area contributed by atoms with Crippen molar-refractivity contribution in [3.8, 4) is 0 Å². The van der Waals surface area contributed by atoms with E-state index < -0.39 is 27.3 Å². The highest BCUT2D eigenvalue weighted by Gasteiger charge is 2.38. The molecule has 1 aliphatic heterocycles. The molecular formula is C6H9ClO4S.